The maximum absolute atomic E-state index is 11.1. The molecule has 0 fully saturated rings. The number of ketones is 1. The van der Waals surface area contributed by atoms with Crippen LogP contribution >= 0.6 is 0 Å². The second-order valence-electron chi connectivity index (χ2n) is 3.46. The van der Waals surface area contributed by atoms with Crippen molar-refractivity contribution >= 4 is 11.7 Å². The fourth-order valence-electron chi connectivity index (χ4n) is 1.27. The molecule has 4 nitrogen and oxygen atoms in total. The molecule has 0 aliphatic rings. The summed E-state index contributed by atoms with van der Waals surface area (Å²) in [5, 5.41) is 5.69. The van der Waals surface area contributed by atoms with Gasteiger partial charge < -0.3 is 10.6 Å². The van der Waals surface area contributed by atoms with E-state index in [2.05, 4.69) is 10.6 Å². The molecule has 82 valence electrons. The molecule has 1 atom stereocenters. The van der Waals surface area contributed by atoms with E-state index in [1.54, 1.807) is 0 Å². The number of carbonyl (C=O) groups excluding carboxylic acids is 2. The highest BCUT2D eigenvalue weighted by Gasteiger charge is 2.13. The lowest BCUT2D eigenvalue weighted by Crippen LogP contribution is -2.38. The molecule has 2 N–H and O–H groups in total. The van der Waals surface area contributed by atoms with Gasteiger partial charge in [0.25, 0.3) is 0 Å². The average Bonchev–Trinajstić information content (AvgIpc) is 2.09. The molecule has 0 spiro atoms. The number of hydrogen-bond acceptors (Lipinski definition) is 3. The average molecular weight is 200 g/mol. The first-order valence-electron chi connectivity index (χ1n) is 5.00. The predicted molar refractivity (Wildman–Crippen MR) is 56.1 cm³/mol. The lowest BCUT2D eigenvalue weighted by Gasteiger charge is -2.14. The SMILES string of the molecule is CNCCCCC(NC(C)=O)C(C)=O. The Labute approximate surface area is 85.4 Å². The quantitative estimate of drug-likeness (QED) is 0.587. The highest BCUT2D eigenvalue weighted by molar-refractivity contribution is 5.86. The summed E-state index contributed by atoms with van der Waals surface area (Å²) in [7, 11) is 1.90. The van der Waals surface area contributed by atoms with E-state index in [0.717, 1.165) is 25.8 Å². The fourth-order valence-corrected chi connectivity index (χ4v) is 1.27. The molecule has 1 unspecified atom stereocenters. The molecule has 0 saturated carbocycles. The van der Waals surface area contributed by atoms with E-state index in [4.69, 9.17) is 0 Å². The van der Waals surface area contributed by atoms with E-state index in [1.165, 1.54) is 13.8 Å². The summed E-state index contributed by atoms with van der Waals surface area (Å²) >= 11 is 0. The molecular formula is C10H20N2O2. The smallest absolute Gasteiger partial charge is 0.217 e. The summed E-state index contributed by atoms with van der Waals surface area (Å²) in [5.74, 6) is -0.108. The zero-order valence-corrected chi connectivity index (χ0v) is 9.22. The number of amides is 1. The lowest BCUT2D eigenvalue weighted by molar-refractivity contribution is -0.125. The maximum atomic E-state index is 11.1. The van der Waals surface area contributed by atoms with Crippen molar-refractivity contribution in [3.8, 4) is 0 Å². The molecule has 1 amide bonds. The van der Waals surface area contributed by atoms with E-state index >= 15 is 0 Å². The molecule has 0 radical (unpaired) electrons. The van der Waals surface area contributed by atoms with Crippen molar-refractivity contribution in [2.24, 2.45) is 0 Å². The van der Waals surface area contributed by atoms with Gasteiger partial charge in [0.2, 0.25) is 5.91 Å². The van der Waals surface area contributed by atoms with E-state index in [-0.39, 0.29) is 17.7 Å². The van der Waals surface area contributed by atoms with Crippen molar-refractivity contribution in [1.29, 1.82) is 0 Å². The van der Waals surface area contributed by atoms with Crippen LogP contribution in [-0.2, 0) is 9.59 Å². The Bertz CT molecular complexity index is 193. The van der Waals surface area contributed by atoms with E-state index < -0.39 is 0 Å². The fraction of sp³-hybridized carbons (Fsp3) is 0.800. The number of carbonyl (C=O) groups is 2. The minimum Gasteiger partial charge on any atom is -0.347 e. The van der Waals surface area contributed by atoms with Crippen molar-refractivity contribution in [2.75, 3.05) is 13.6 Å². The van der Waals surface area contributed by atoms with Crippen LogP contribution in [-0.4, -0.2) is 31.3 Å². The van der Waals surface area contributed by atoms with Crippen molar-refractivity contribution in [3.63, 3.8) is 0 Å². The molecule has 14 heavy (non-hydrogen) atoms. The zero-order chi connectivity index (χ0) is 11.0. The minimum atomic E-state index is -0.302. The predicted octanol–water partition coefficient (Wildman–Crippen LogP) is 0.470. The molecule has 0 aromatic rings. The maximum Gasteiger partial charge on any atom is 0.217 e. The van der Waals surface area contributed by atoms with Gasteiger partial charge in [-0.1, -0.05) is 0 Å². The zero-order valence-electron chi connectivity index (χ0n) is 9.22. The molecule has 0 saturated heterocycles. The Morgan fingerprint density at radius 2 is 1.86 bits per heavy atom. The Hall–Kier alpha value is -0.900. The molecule has 0 bridgehead atoms. The first-order valence-corrected chi connectivity index (χ1v) is 5.00. The van der Waals surface area contributed by atoms with Crippen molar-refractivity contribution < 1.29 is 9.59 Å². The molecule has 0 rings (SSSR count). The van der Waals surface area contributed by atoms with Crippen LogP contribution in [0.25, 0.3) is 0 Å². The standard InChI is InChI=1S/C10H20N2O2/c1-8(13)10(12-9(2)14)6-4-5-7-11-3/h10-11H,4-7H2,1-3H3,(H,12,14). The monoisotopic (exact) mass is 200 g/mol. The van der Waals surface area contributed by atoms with Crippen LogP contribution in [0.3, 0.4) is 0 Å². The van der Waals surface area contributed by atoms with Gasteiger partial charge in [-0.15, -0.1) is 0 Å². The van der Waals surface area contributed by atoms with Gasteiger partial charge in [-0.3, -0.25) is 9.59 Å². The number of Topliss-reactive ketones (excluding diaryl/α,β-unsaturated/α-hetero) is 1. The molecule has 0 heterocycles. The van der Waals surface area contributed by atoms with Gasteiger partial charge >= 0.3 is 0 Å². The van der Waals surface area contributed by atoms with Gasteiger partial charge in [0, 0.05) is 6.92 Å². The molecule has 4 heteroatoms. The minimum absolute atomic E-state index is 0.0321. The summed E-state index contributed by atoms with van der Waals surface area (Å²) < 4.78 is 0. The lowest BCUT2D eigenvalue weighted by atomic mass is 10.1. The third-order valence-electron chi connectivity index (χ3n) is 2.04. The number of nitrogens with one attached hydrogen (secondary N) is 2. The second-order valence-corrected chi connectivity index (χ2v) is 3.46. The number of hydrogen-bond donors (Lipinski definition) is 2. The Morgan fingerprint density at radius 1 is 1.21 bits per heavy atom. The summed E-state index contributed by atoms with van der Waals surface area (Å²) in [6.07, 6.45) is 2.71. The summed E-state index contributed by atoms with van der Waals surface area (Å²) in [6.45, 7) is 3.90. The molecule has 0 aromatic heterocycles. The molecule has 0 aliphatic heterocycles. The first kappa shape index (κ1) is 13.1. The van der Waals surface area contributed by atoms with Crippen molar-refractivity contribution in [3.05, 3.63) is 0 Å². The largest absolute Gasteiger partial charge is 0.347 e. The van der Waals surface area contributed by atoms with E-state index in [1.807, 2.05) is 7.05 Å². The second kappa shape index (κ2) is 7.50. The van der Waals surface area contributed by atoms with Crippen LogP contribution in [0, 0.1) is 0 Å². The normalized spacial score (nSPS) is 12.2. The number of rotatable bonds is 7. The van der Waals surface area contributed by atoms with E-state index in [0.29, 0.717) is 0 Å². The summed E-state index contributed by atoms with van der Waals surface area (Å²) in [6, 6.07) is -0.302. The van der Waals surface area contributed by atoms with Crippen LogP contribution in [0.1, 0.15) is 33.1 Å². The van der Waals surface area contributed by atoms with Gasteiger partial charge in [0.1, 0.15) is 0 Å². The first-order chi connectivity index (χ1) is 6.57. The Kier molecular flexibility index (Phi) is 7.02. The summed E-state index contributed by atoms with van der Waals surface area (Å²) in [5.41, 5.74) is 0. The van der Waals surface area contributed by atoms with Crippen LogP contribution in [0.5, 0.6) is 0 Å². The van der Waals surface area contributed by atoms with Gasteiger partial charge in [-0.25, -0.2) is 0 Å². The van der Waals surface area contributed by atoms with Crippen molar-refractivity contribution in [2.45, 2.75) is 39.2 Å². The van der Waals surface area contributed by atoms with Crippen LogP contribution < -0.4 is 10.6 Å². The van der Waals surface area contributed by atoms with E-state index in [9.17, 15) is 9.59 Å². The van der Waals surface area contributed by atoms with Gasteiger partial charge in [-0.05, 0) is 39.8 Å². The highest BCUT2D eigenvalue weighted by Crippen LogP contribution is 2.01. The Balaban J connectivity index is 3.74. The van der Waals surface area contributed by atoms with Gasteiger partial charge in [0.15, 0.2) is 5.78 Å². The van der Waals surface area contributed by atoms with Gasteiger partial charge in [-0.2, -0.15) is 0 Å². The molecule has 0 aliphatic carbocycles. The number of unbranched alkanes of at least 4 members (excludes halogenated alkanes) is 1. The molecule has 0 aromatic carbocycles. The molecular weight excluding hydrogens is 180 g/mol. The summed E-state index contributed by atoms with van der Waals surface area (Å²) in [4.78, 5) is 21.9. The van der Waals surface area contributed by atoms with Crippen LogP contribution in [0.15, 0.2) is 0 Å². The van der Waals surface area contributed by atoms with Crippen LogP contribution in [0.4, 0.5) is 0 Å². The third kappa shape index (κ3) is 6.60. The van der Waals surface area contributed by atoms with Crippen LogP contribution in [0.2, 0.25) is 0 Å². The van der Waals surface area contributed by atoms with Gasteiger partial charge in [0.05, 0.1) is 6.04 Å². The van der Waals surface area contributed by atoms with Crippen molar-refractivity contribution in [1.82, 2.24) is 10.6 Å². The highest BCUT2D eigenvalue weighted by atomic mass is 16.2. The third-order valence-corrected chi connectivity index (χ3v) is 2.04. The topological polar surface area (TPSA) is 58.2 Å². The Morgan fingerprint density at radius 3 is 2.29 bits per heavy atom.